The first kappa shape index (κ1) is 11.5. The molecular weight excluding hydrogens is 234 g/mol. The largest absolute Gasteiger partial charge is 0.313 e. The summed E-state index contributed by atoms with van der Waals surface area (Å²) in [4.78, 5) is 11.5. The van der Waals surface area contributed by atoms with Crippen molar-refractivity contribution in [3.63, 3.8) is 0 Å². The van der Waals surface area contributed by atoms with Gasteiger partial charge in [-0.2, -0.15) is 0 Å². The van der Waals surface area contributed by atoms with Crippen LogP contribution in [0.1, 0.15) is 36.8 Å². The normalized spacial score (nSPS) is 36.1. The summed E-state index contributed by atoms with van der Waals surface area (Å²) in [5, 5.41) is 3.69. The zero-order valence-electron chi connectivity index (χ0n) is 11.1. The van der Waals surface area contributed by atoms with Crippen molar-refractivity contribution in [1.29, 1.82) is 0 Å². The van der Waals surface area contributed by atoms with Gasteiger partial charge in [-0.3, -0.25) is 0 Å². The lowest BCUT2D eigenvalue weighted by molar-refractivity contribution is 0.124. The Morgan fingerprint density at radius 3 is 3.11 bits per heavy atom. The summed E-state index contributed by atoms with van der Waals surface area (Å²) in [5.41, 5.74) is 3.91. The van der Waals surface area contributed by atoms with Gasteiger partial charge in [-0.05, 0) is 55.7 Å². The highest BCUT2D eigenvalue weighted by Crippen LogP contribution is 2.55. The van der Waals surface area contributed by atoms with E-state index in [1.165, 1.54) is 17.5 Å². The molecule has 3 aliphatic rings. The molecule has 0 unspecified atom stereocenters. The molecular formula is C17H19NO. The Balaban J connectivity index is 2.00. The minimum absolute atomic E-state index is 0.00472. The van der Waals surface area contributed by atoms with Crippen LogP contribution in [0, 0.1) is 5.92 Å². The molecule has 0 amide bonds. The highest BCUT2D eigenvalue weighted by Gasteiger charge is 2.54. The molecule has 0 radical (unpaired) electrons. The van der Waals surface area contributed by atoms with E-state index < -0.39 is 0 Å². The summed E-state index contributed by atoms with van der Waals surface area (Å²) in [6.45, 7) is 1.03. The average molecular weight is 253 g/mol. The van der Waals surface area contributed by atoms with Gasteiger partial charge in [0.2, 0.25) is 0 Å². The van der Waals surface area contributed by atoms with Crippen LogP contribution >= 0.6 is 0 Å². The highest BCUT2D eigenvalue weighted by molar-refractivity contribution is 5.63. The molecule has 19 heavy (non-hydrogen) atoms. The van der Waals surface area contributed by atoms with Gasteiger partial charge in [-0.15, -0.1) is 0 Å². The maximum atomic E-state index is 11.5. The molecule has 1 heterocycles. The van der Waals surface area contributed by atoms with E-state index in [-0.39, 0.29) is 5.41 Å². The van der Waals surface area contributed by atoms with Crippen molar-refractivity contribution in [2.24, 2.45) is 5.92 Å². The number of rotatable bonds is 0. The first-order chi connectivity index (χ1) is 9.36. The molecule has 0 aromatic heterocycles. The lowest BCUT2D eigenvalue weighted by Gasteiger charge is -2.55. The van der Waals surface area contributed by atoms with E-state index >= 15 is 0 Å². The molecule has 1 aromatic rings. The molecule has 2 nitrogen and oxygen atoms in total. The predicted molar refractivity (Wildman–Crippen MR) is 74.8 cm³/mol. The van der Waals surface area contributed by atoms with Gasteiger partial charge in [0.15, 0.2) is 0 Å². The predicted octanol–water partition coefficient (Wildman–Crippen LogP) is 2.40. The monoisotopic (exact) mass is 253 g/mol. The fraction of sp³-hybridized carbons (Fsp3) is 0.529. The van der Waals surface area contributed by atoms with Gasteiger partial charge in [0.05, 0.1) is 0 Å². The Bertz CT molecular complexity index is 572. The van der Waals surface area contributed by atoms with Crippen LogP contribution < -0.4 is 5.32 Å². The Labute approximate surface area is 113 Å². The van der Waals surface area contributed by atoms with Gasteiger partial charge in [0.1, 0.15) is 5.94 Å². The van der Waals surface area contributed by atoms with Crippen LogP contribution in [0.3, 0.4) is 0 Å². The van der Waals surface area contributed by atoms with Crippen LogP contribution in [0.4, 0.5) is 0 Å². The van der Waals surface area contributed by atoms with Gasteiger partial charge >= 0.3 is 0 Å². The van der Waals surface area contributed by atoms with Crippen LogP contribution in [0.5, 0.6) is 0 Å². The molecule has 2 aliphatic carbocycles. The van der Waals surface area contributed by atoms with E-state index in [4.69, 9.17) is 0 Å². The van der Waals surface area contributed by atoms with E-state index in [2.05, 4.69) is 35.5 Å². The molecule has 1 saturated heterocycles. The van der Waals surface area contributed by atoms with Crippen LogP contribution in [0.25, 0.3) is 0 Å². The van der Waals surface area contributed by atoms with E-state index in [0.717, 1.165) is 37.8 Å². The molecule has 1 aromatic carbocycles. The van der Waals surface area contributed by atoms with Gasteiger partial charge < -0.3 is 5.32 Å². The molecule has 1 N–H and O–H groups in total. The lowest BCUT2D eigenvalue weighted by Crippen LogP contribution is -2.60. The van der Waals surface area contributed by atoms with Crippen molar-refractivity contribution >= 4 is 5.94 Å². The Hall–Kier alpha value is -1.37. The second-order valence-electron chi connectivity index (χ2n) is 6.22. The topological polar surface area (TPSA) is 29.1 Å². The third-order valence-corrected chi connectivity index (χ3v) is 5.59. The smallest absolute Gasteiger partial charge is 0.124 e. The first-order valence-electron chi connectivity index (χ1n) is 7.42. The quantitative estimate of drug-likeness (QED) is 0.719. The van der Waals surface area contributed by atoms with Crippen LogP contribution in [-0.2, 0) is 16.6 Å². The summed E-state index contributed by atoms with van der Waals surface area (Å²) >= 11 is 0. The SMILES string of the molecule is O=C=C1CCC[C@H]2[C@H]3Cc4ccccc4[C@@]12CCN3. The number of piperidine rings is 1. The summed E-state index contributed by atoms with van der Waals surface area (Å²) in [5.74, 6) is 2.93. The van der Waals surface area contributed by atoms with Crippen molar-refractivity contribution in [1.82, 2.24) is 5.32 Å². The standard InChI is InChI=1S/C17H19NO/c19-11-13-5-3-7-15-16-10-12-4-1-2-6-14(12)17(13,15)8-9-18-16/h1-2,4,6,15-16,18H,3,5,7-10H2/t15-,16+,17+/m0/s1. The zero-order chi connectivity index (χ0) is 12.9. The number of fused-ring (bicyclic) bond motifs is 1. The highest BCUT2D eigenvalue weighted by atomic mass is 16.1. The fourth-order valence-corrected chi connectivity index (χ4v) is 4.89. The number of hydrogen-bond acceptors (Lipinski definition) is 2. The summed E-state index contributed by atoms with van der Waals surface area (Å²) in [6, 6.07) is 9.30. The molecule has 4 rings (SSSR count). The molecule has 0 spiro atoms. The number of hydrogen-bond donors (Lipinski definition) is 1. The third-order valence-electron chi connectivity index (χ3n) is 5.59. The summed E-state index contributed by atoms with van der Waals surface area (Å²) in [6.07, 6.45) is 5.53. The zero-order valence-corrected chi connectivity index (χ0v) is 11.1. The van der Waals surface area contributed by atoms with E-state index in [1.54, 1.807) is 0 Å². The van der Waals surface area contributed by atoms with Gasteiger partial charge in [-0.25, -0.2) is 4.79 Å². The fourth-order valence-electron chi connectivity index (χ4n) is 4.89. The van der Waals surface area contributed by atoms with Crippen LogP contribution in [0.15, 0.2) is 29.8 Å². The number of nitrogens with one attached hydrogen (secondary N) is 1. The van der Waals surface area contributed by atoms with Crippen molar-refractivity contribution < 1.29 is 4.79 Å². The van der Waals surface area contributed by atoms with Gasteiger partial charge in [0, 0.05) is 17.0 Å². The number of benzene rings is 1. The molecule has 2 bridgehead atoms. The first-order valence-corrected chi connectivity index (χ1v) is 7.42. The van der Waals surface area contributed by atoms with E-state index in [1.807, 2.05) is 0 Å². The van der Waals surface area contributed by atoms with Gasteiger partial charge in [-0.1, -0.05) is 24.3 Å². The maximum Gasteiger partial charge on any atom is 0.124 e. The second kappa shape index (κ2) is 4.06. The van der Waals surface area contributed by atoms with Crippen molar-refractivity contribution in [2.45, 2.75) is 43.6 Å². The summed E-state index contributed by atoms with van der Waals surface area (Å²) < 4.78 is 0. The van der Waals surface area contributed by atoms with Crippen molar-refractivity contribution in [3.05, 3.63) is 41.0 Å². The number of carbonyl (C=O) groups excluding carboxylic acids is 1. The molecule has 1 saturated carbocycles. The maximum absolute atomic E-state index is 11.5. The molecule has 3 atom stereocenters. The lowest BCUT2D eigenvalue weighted by atomic mass is 9.51. The van der Waals surface area contributed by atoms with Crippen molar-refractivity contribution in [3.8, 4) is 0 Å². The minimum Gasteiger partial charge on any atom is -0.313 e. The Morgan fingerprint density at radius 1 is 1.32 bits per heavy atom. The Kier molecular flexibility index (Phi) is 2.45. The van der Waals surface area contributed by atoms with E-state index in [0.29, 0.717) is 12.0 Å². The number of allylic oxidation sites excluding steroid dienone is 1. The molecule has 2 fully saturated rings. The molecule has 98 valence electrons. The third kappa shape index (κ3) is 1.39. The van der Waals surface area contributed by atoms with Gasteiger partial charge in [0.25, 0.3) is 0 Å². The van der Waals surface area contributed by atoms with Crippen molar-refractivity contribution in [2.75, 3.05) is 6.54 Å². The molecule has 2 heteroatoms. The van der Waals surface area contributed by atoms with E-state index in [9.17, 15) is 4.79 Å². The van der Waals surface area contributed by atoms with Crippen LogP contribution in [-0.4, -0.2) is 18.5 Å². The minimum atomic E-state index is 0.00472. The summed E-state index contributed by atoms with van der Waals surface area (Å²) in [7, 11) is 0. The second-order valence-corrected chi connectivity index (χ2v) is 6.22. The Morgan fingerprint density at radius 2 is 2.21 bits per heavy atom. The van der Waals surface area contributed by atoms with Crippen LogP contribution in [0.2, 0.25) is 0 Å². The average Bonchev–Trinajstić information content (AvgIpc) is 2.46. The molecule has 1 aliphatic heterocycles.